The lowest BCUT2D eigenvalue weighted by atomic mass is 9.44. The van der Waals surface area contributed by atoms with Gasteiger partial charge in [0.05, 0.1) is 0 Å². The van der Waals surface area contributed by atoms with E-state index in [0.717, 1.165) is 27.9 Å². The maximum atomic E-state index is 7.02. The number of nitrogens with zero attached hydrogens (tertiary/aromatic N) is 2. The Morgan fingerprint density at radius 3 is 1.63 bits per heavy atom. The SMILES string of the molecule is CC(C)(C)c1cc(N2c3cc4c(-c5ccccc5)c5ccccc5c(-c5ccccc5)c4cc3B3c4c2cc2oc5ccccc5c2c4-c2cccc4c5ccccc5n3c24)cc(C(C)(C)C)c1. The Morgan fingerprint density at radius 2 is 0.985 bits per heavy atom. The average Bonchev–Trinajstić information content (AvgIpc) is 3.89. The lowest BCUT2D eigenvalue weighted by Crippen LogP contribution is -2.56. The summed E-state index contributed by atoms with van der Waals surface area (Å²) < 4.78 is 9.71. The zero-order chi connectivity index (χ0) is 45.8. The molecule has 10 aromatic carbocycles. The topological polar surface area (TPSA) is 21.3 Å². The molecule has 68 heavy (non-hydrogen) atoms. The lowest BCUT2D eigenvalue weighted by Gasteiger charge is -2.41. The molecule has 0 N–H and O–H groups in total. The first-order valence-corrected chi connectivity index (χ1v) is 24.1. The third-order valence-electron chi connectivity index (χ3n) is 15.2. The number of furan rings is 1. The van der Waals surface area contributed by atoms with Crippen molar-refractivity contribution in [2.45, 2.75) is 52.4 Å². The van der Waals surface area contributed by atoms with E-state index < -0.39 is 0 Å². The Labute approximate surface area is 397 Å². The van der Waals surface area contributed by atoms with E-state index in [2.05, 4.69) is 239 Å². The first-order valence-electron chi connectivity index (χ1n) is 24.1. The molecule has 0 unspecified atom stereocenters. The van der Waals surface area contributed by atoms with Crippen molar-refractivity contribution in [2.75, 3.05) is 4.90 Å². The first-order chi connectivity index (χ1) is 33.0. The molecule has 0 saturated carbocycles. The van der Waals surface area contributed by atoms with Crippen LogP contribution in [0.25, 0.3) is 98.7 Å². The molecule has 3 nitrogen and oxygen atoms in total. The maximum Gasteiger partial charge on any atom is 0.333 e. The third kappa shape index (κ3) is 5.43. The predicted octanol–water partition coefficient (Wildman–Crippen LogP) is 16.3. The second kappa shape index (κ2) is 13.9. The minimum absolute atomic E-state index is 0.0960. The molecule has 0 spiro atoms. The van der Waals surface area contributed by atoms with Crippen LogP contribution >= 0.6 is 0 Å². The van der Waals surface area contributed by atoms with E-state index in [9.17, 15) is 0 Å². The molecule has 0 bridgehead atoms. The average molecular weight is 873 g/mol. The fraction of sp³-hybridized carbons (Fsp3) is 0.125. The fourth-order valence-electron chi connectivity index (χ4n) is 12.1. The zero-order valence-electron chi connectivity index (χ0n) is 39.3. The largest absolute Gasteiger partial charge is 0.456 e. The number of anilines is 3. The molecule has 0 amide bonds. The molecule has 2 aliphatic rings. The molecule has 12 aromatic rings. The molecule has 4 heteroatoms. The summed E-state index contributed by atoms with van der Waals surface area (Å²) in [6.07, 6.45) is 0. The van der Waals surface area contributed by atoms with Gasteiger partial charge in [-0.3, -0.25) is 0 Å². The molecule has 324 valence electrons. The number of rotatable bonds is 3. The van der Waals surface area contributed by atoms with E-state index in [1.165, 1.54) is 110 Å². The van der Waals surface area contributed by atoms with Gasteiger partial charge in [0.1, 0.15) is 11.2 Å². The summed E-state index contributed by atoms with van der Waals surface area (Å²) >= 11 is 0. The number of para-hydroxylation sites is 3. The van der Waals surface area contributed by atoms with Crippen LogP contribution in [0.2, 0.25) is 0 Å². The highest BCUT2D eigenvalue weighted by Gasteiger charge is 2.45. The van der Waals surface area contributed by atoms with E-state index in [-0.39, 0.29) is 17.7 Å². The van der Waals surface area contributed by atoms with Crippen molar-refractivity contribution in [1.82, 2.24) is 4.48 Å². The number of aromatic nitrogens is 1. The quantitative estimate of drug-likeness (QED) is 0.130. The standard InChI is InChI=1S/C64H49BN2O/c1-63(2,3)40-32-41(64(4,5)6)34-42(33-40)66-53-36-50-49(57(38-20-9-7-10-21-38)44-25-13-14-26-45(44)58(50)39-22-11-8-12-23-39)35-51(53)65-61-54(66)37-56-59(47-27-16-18-31-55(47)68-56)60(61)48-29-19-28-46-43-24-15-17-30-52(43)67(65)62(46)48/h7-37H,1-6H3. The number of hydrogen-bond acceptors (Lipinski definition) is 2. The van der Waals surface area contributed by atoms with Gasteiger partial charge in [-0.2, -0.15) is 0 Å². The minimum atomic E-state index is -0.158. The molecule has 0 fully saturated rings. The Morgan fingerprint density at radius 1 is 0.426 bits per heavy atom. The summed E-state index contributed by atoms with van der Waals surface area (Å²) in [4.78, 5) is 2.62. The summed E-state index contributed by atoms with van der Waals surface area (Å²) in [5.41, 5.74) is 20.3. The maximum absolute atomic E-state index is 7.02. The highest BCUT2D eigenvalue weighted by molar-refractivity contribution is 6.90. The van der Waals surface area contributed by atoms with Gasteiger partial charge in [0.15, 0.2) is 0 Å². The summed E-state index contributed by atoms with van der Waals surface area (Å²) in [6, 6.07) is 70.7. The molecule has 2 aromatic heterocycles. The second-order valence-electron chi connectivity index (χ2n) is 21.2. The second-order valence-corrected chi connectivity index (χ2v) is 21.2. The molecule has 0 aliphatic carbocycles. The monoisotopic (exact) mass is 872 g/mol. The lowest BCUT2D eigenvalue weighted by molar-refractivity contribution is 0.569. The van der Waals surface area contributed by atoms with Crippen LogP contribution in [0.4, 0.5) is 17.1 Å². The summed E-state index contributed by atoms with van der Waals surface area (Å²) in [5.74, 6) is 0. The van der Waals surface area contributed by atoms with E-state index in [0.29, 0.717) is 0 Å². The van der Waals surface area contributed by atoms with Crippen LogP contribution in [0, 0.1) is 0 Å². The summed E-state index contributed by atoms with van der Waals surface area (Å²) in [6.45, 7) is 13.9. The highest BCUT2D eigenvalue weighted by atomic mass is 16.3. The van der Waals surface area contributed by atoms with Crippen LogP contribution in [0.3, 0.4) is 0 Å². The number of fused-ring (bicyclic) bond motifs is 13. The van der Waals surface area contributed by atoms with Crippen molar-refractivity contribution in [1.29, 1.82) is 0 Å². The number of hydrogen-bond donors (Lipinski definition) is 0. The van der Waals surface area contributed by atoms with Gasteiger partial charge in [-0.05, 0) is 113 Å². The van der Waals surface area contributed by atoms with Crippen molar-refractivity contribution in [3.05, 3.63) is 199 Å². The smallest absolute Gasteiger partial charge is 0.333 e. The van der Waals surface area contributed by atoms with Crippen LogP contribution in [-0.2, 0) is 10.8 Å². The summed E-state index contributed by atoms with van der Waals surface area (Å²) in [7, 11) is 0. The van der Waals surface area contributed by atoms with Gasteiger partial charge in [0.2, 0.25) is 0 Å². The molecule has 0 radical (unpaired) electrons. The normalized spacial score (nSPS) is 13.4. The van der Waals surface area contributed by atoms with Gasteiger partial charge in [-0.1, -0.05) is 193 Å². The summed E-state index contributed by atoms with van der Waals surface area (Å²) in [5, 5.41) is 9.84. The molecule has 2 aliphatic heterocycles. The van der Waals surface area contributed by atoms with Crippen LogP contribution in [-0.4, -0.2) is 11.3 Å². The Kier molecular flexibility index (Phi) is 8.03. The van der Waals surface area contributed by atoms with Crippen molar-refractivity contribution in [3.63, 3.8) is 0 Å². The van der Waals surface area contributed by atoms with E-state index in [1.807, 2.05) is 0 Å². The van der Waals surface area contributed by atoms with Crippen LogP contribution in [0.5, 0.6) is 0 Å². The van der Waals surface area contributed by atoms with E-state index in [1.54, 1.807) is 0 Å². The number of benzene rings is 10. The molecule has 4 heterocycles. The molecule has 14 rings (SSSR count). The minimum Gasteiger partial charge on any atom is -0.456 e. The van der Waals surface area contributed by atoms with Gasteiger partial charge in [-0.25, -0.2) is 0 Å². The van der Waals surface area contributed by atoms with Crippen LogP contribution in [0.1, 0.15) is 52.7 Å². The van der Waals surface area contributed by atoms with Crippen molar-refractivity contribution >= 4 is 100 Å². The molecular weight excluding hydrogens is 824 g/mol. The van der Waals surface area contributed by atoms with Gasteiger partial charge in [0.25, 0.3) is 0 Å². The van der Waals surface area contributed by atoms with Crippen molar-refractivity contribution < 1.29 is 4.42 Å². The van der Waals surface area contributed by atoms with Crippen LogP contribution < -0.4 is 15.8 Å². The molecule has 0 atom stereocenters. The van der Waals surface area contributed by atoms with E-state index in [4.69, 9.17) is 4.42 Å². The third-order valence-corrected chi connectivity index (χ3v) is 15.2. The van der Waals surface area contributed by atoms with Crippen LogP contribution in [0.15, 0.2) is 192 Å². The van der Waals surface area contributed by atoms with Gasteiger partial charge >= 0.3 is 6.85 Å². The molecule has 0 saturated heterocycles. The van der Waals surface area contributed by atoms with E-state index >= 15 is 0 Å². The predicted molar refractivity (Wildman–Crippen MR) is 291 cm³/mol. The zero-order valence-corrected chi connectivity index (χ0v) is 39.3. The highest BCUT2D eigenvalue weighted by Crippen LogP contribution is 2.52. The Hall–Kier alpha value is -7.82. The first kappa shape index (κ1) is 39.4. The molecular formula is C64H49BN2O. The Bertz CT molecular complexity index is 4070. The van der Waals surface area contributed by atoms with Gasteiger partial charge in [-0.15, -0.1) is 0 Å². The fourth-order valence-corrected chi connectivity index (χ4v) is 12.1. The van der Waals surface area contributed by atoms with Gasteiger partial charge in [0, 0.05) is 61.3 Å². The Balaban J connectivity index is 1.24. The van der Waals surface area contributed by atoms with Crippen molar-refractivity contribution in [2.24, 2.45) is 0 Å². The van der Waals surface area contributed by atoms with Crippen molar-refractivity contribution in [3.8, 4) is 33.4 Å². The van der Waals surface area contributed by atoms with Gasteiger partial charge < -0.3 is 13.8 Å².